The molecule has 0 amide bonds. The van der Waals surface area contributed by atoms with Gasteiger partial charge in [0.15, 0.2) is 17.9 Å². The zero-order chi connectivity index (χ0) is 8.43. The number of benzene rings is 1. The quantitative estimate of drug-likeness (QED) is 0.494. The van der Waals surface area contributed by atoms with Crippen LogP contribution in [0.5, 0.6) is 0 Å². The van der Waals surface area contributed by atoms with Crippen molar-refractivity contribution in [2.45, 2.75) is 0 Å². The molecule has 0 aliphatic heterocycles. The van der Waals surface area contributed by atoms with E-state index in [0.29, 0.717) is 0 Å². The zero-order valence-electron chi connectivity index (χ0n) is 5.47. The molecule has 0 unspecified atom stereocenters. The molecule has 1 rings (SSSR count). The Bertz CT molecular complexity index is 299. The van der Waals surface area contributed by atoms with Gasteiger partial charge in [0.25, 0.3) is 0 Å². The summed E-state index contributed by atoms with van der Waals surface area (Å²) in [5.41, 5.74) is 4.81. The van der Waals surface area contributed by atoms with Gasteiger partial charge in [0.1, 0.15) is 0 Å². The van der Waals surface area contributed by atoms with Crippen LogP contribution in [0.1, 0.15) is 10.4 Å². The molecule has 0 saturated carbocycles. The van der Waals surface area contributed by atoms with Gasteiger partial charge in [-0.1, -0.05) is 0 Å². The second-order valence-corrected chi connectivity index (χ2v) is 2.02. The number of aldehydes is 1. The predicted octanol–water partition coefficient (Wildman–Crippen LogP) is 1.36. The van der Waals surface area contributed by atoms with Crippen molar-refractivity contribution in [2.75, 3.05) is 5.73 Å². The summed E-state index contributed by atoms with van der Waals surface area (Å²) in [6.07, 6.45) is 0.217. The van der Waals surface area contributed by atoms with Crippen molar-refractivity contribution in [1.29, 1.82) is 0 Å². The fraction of sp³-hybridized carbons (Fsp3) is 0. The highest BCUT2D eigenvalue weighted by Crippen LogP contribution is 2.14. The van der Waals surface area contributed by atoms with Gasteiger partial charge in [-0.3, -0.25) is 4.79 Å². The van der Waals surface area contributed by atoms with E-state index in [4.69, 9.17) is 5.73 Å². The fourth-order valence-electron chi connectivity index (χ4n) is 0.718. The Kier molecular flexibility index (Phi) is 1.85. The number of carbonyl (C=O) groups excluding carboxylic acids is 1. The first-order valence-electron chi connectivity index (χ1n) is 2.85. The van der Waals surface area contributed by atoms with E-state index in [1.165, 1.54) is 0 Å². The summed E-state index contributed by atoms with van der Waals surface area (Å²) in [4.78, 5) is 10.1. The van der Waals surface area contributed by atoms with Crippen LogP contribution in [0.2, 0.25) is 0 Å². The van der Waals surface area contributed by atoms with Gasteiger partial charge < -0.3 is 5.73 Å². The average Bonchev–Trinajstić information content (AvgIpc) is 1.96. The van der Waals surface area contributed by atoms with E-state index in [1.807, 2.05) is 0 Å². The van der Waals surface area contributed by atoms with E-state index in [2.05, 4.69) is 0 Å². The Morgan fingerprint density at radius 2 is 2.00 bits per heavy atom. The highest BCUT2D eigenvalue weighted by Gasteiger charge is 2.07. The van der Waals surface area contributed by atoms with Crippen LogP contribution in [0.4, 0.5) is 14.5 Å². The second kappa shape index (κ2) is 2.65. The highest BCUT2D eigenvalue weighted by atomic mass is 19.2. The Labute approximate surface area is 61.6 Å². The van der Waals surface area contributed by atoms with Gasteiger partial charge in [0.05, 0.1) is 5.56 Å². The Morgan fingerprint density at radius 1 is 1.36 bits per heavy atom. The summed E-state index contributed by atoms with van der Waals surface area (Å²) in [5, 5.41) is 0. The lowest BCUT2D eigenvalue weighted by molar-refractivity contribution is 0.111. The first kappa shape index (κ1) is 7.65. The normalized spacial score (nSPS) is 9.64. The van der Waals surface area contributed by atoms with Crippen LogP contribution in [0.15, 0.2) is 12.1 Å². The van der Waals surface area contributed by atoms with Gasteiger partial charge in [-0.2, -0.15) is 0 Å². The topological polar surface area (TPSA) is 43.1 Å². The highest BCUT2D eigenvalue weighted by molar-refractivity contribution is 5.77. The van der Waals surface area contributed by atoms with Crippen molar-refractivity contribution < 1.29 is 13.6 Å². The largest absolute Gasteiger partial charge is 0.399 e. The smallest absolute Gasteiger partial charge is 0.169 e. The number of hydrogen-bond acceptors (Lipinski definition) is 2. The number of nitrogens with two attached hydrogens (primary N) is 1. The Balaban J connectivity index is 3.35. The SMILES string of the molecule is Nc1cc(F)c(F)c(C=O)c1. The van der Waals surface area contributed by atoms with Gasteiger partial charge >= 0.3 is 0 Å². The van der Waals surface area contributed by atoms with Gasteiger partial charge in [0.2, 0.25) is 0 Å². The van der Waals surface area contributed by atoms with Crippen molar-refractivity contribution in [2.24, 2.45) is 0 Å². The minimum atomic E-state index is -1.16. The minimum Gasteiger partial charge on any atom is -0.399 e. The van der Waals surface area contributed by atoms with E-state index in [0.717, 1.165) is 12.1 Å². The molecule has 0 saturated heterocycles. The lowest BCUT2D eigenvalue weighted by Crippen LogP contribution is -1.96. The molecule has 0 fully saturated rings. The van der Waals surface area contributed by atoms with Crippen LogP contribution in [-0.2, 0) is 0 Å². The molecule has 4 heteroatoms. The van der Waals surface area contributed by atoms with Crippen molar-refractivity contribution in [3.63, 3.8) is 0 Å². The molecule has 2 N–H and O–H groups in total. The monoisotopic (exact) mass is 157 g/mol. The third-order valence-electron chi connectivity index (χ3n) is 1.21. The van der Waals surface area contributed by atoms with E-state index >= 15 is 0 Å². The van der Waals surface area contributed by atoms with Crippen molar-refractivity contribution in [3.05, 3.63) is 29.3 Å². The van der Waals surface area contributed by atoms with E-state index in [9.17, 15) is 13.6 Å². The van der Waals surface area contributed by atoms with Gasteiger partial charge in [0, 0.05) is 5.69 Å². The molecule has 0 aromatic heterocycles. The minimum absolute atomic E-state index is 0.0333. The third kappa shape index (κ3) is 1.34. The summed E-state index contributed by atoms with van der Waals surface area (Å²) < 4.78 is 24.9. The molecule has 1 aromatic rings. The van der Waals surface area contributed by atoms with Crippen molar-refractivity contribution >= 4 is 12.0 Å². The van der Waals surface area contributed by atoms with Crippen molar-refractivity contribution in [3.8, 4) is 0 Å². The van der Waals surface area contributed by atoms with Crippen LogP contribution < -0.4 is 5.73 Å². The number of carbonyl (C=O) groups is 1. The van der Waals surface area contributed by atoms with Gasteiger partial charge in [-0.15, -0.1) is 0 Å². The number of anilines is 1. The van der Waals surface area contributed by atoms with Gasteiger partial charge in [-0.05, 0) is 12.1 Å². The van der Waals surface area contributed by atoms with Crippen LogP contribution in [-0.4, -0.2) is 6.29 Å². The Hall–Kier alpha value is -1.45. The molecule has 0 aliphatic carbocycles. The molecule has 2 nitrogen and oxygen atoms in total. The zero-order valence-corrected chi connectivity index (χ0v) is 5.47. The number of halogens is 2. The molecule has 0 spiro atoms. The molecule has 1 aromatic carbocycles. The molecule has 0 heterocycles. The van der Waals surface area contributed by atoms with E-state index < -0.39 is 11.6 Å². The molecule has 11 heavy (non-hydrogen) atoms. The molecule has 0 bridgehead atoms. The molecule has 0 atom stereocenters. The maximum Gasteiger partial charge on any atom is 0.169 e. The fourth-order valence-corrected chi connectivity index (χ4v) is 0.718. The first-order valence-corrected chi connectivity index (χ1v) is 2.85. The van der Waals surface area contributed by atoms with Crippen molar-refractivity contribution in [1.82, 2.24) is 0 Å². The molecular formula is C7H5F2NO. The maximum atomic E-state index is 12.5. The Morgan fingerprint density at radius 3 is 2.55 bits per heavy atom. The standard InChI is InChI=1S/C7H5F2NO/c8-6-2-5(10)1-4(3-11)7(6)9/h1-3H,10H2. The maximum absolute atomic E-state index is 12.5. The summed E-state index contributed by atoms with van der Waals surface area (Å²) in [7, 11) is 0. The first-order chi connectivity index (χ1) is 5.15. The summed E-state index contributed by atoms with van der Waals surface area (Å²) in [6, 6.07) is 1.90. The lowest BCUT2D eigenvalue weighted by Gasteiger charge is -1.97. The van der Waals surface area contributed by atoms with Crippen LogP contribution in [0, 0.1) is 11.6 Å². The van der Waals surface area contributed by atoms with E-state index in [-0.39, 0.29) is 17.5 Å². The second-order valence-electron chi connectivity index (χ2n) is 2.02. The van der Waals surface area contributed by atoms with Crippen LogP contribution >= 0.6 is 0 Å². The molecule has 0 radical (unpaired) electrons. The predicted molar refractivity (Wildman–Crippen MR) is 36.2 cm³/mol. The van der Waals surface area contributed by atoms with E-state index in [1.54, 1.807) is 0 Å². The molecule has 0 aliphatic rings. The van der Waals surface area contributed by atoms with Crippen LogP contribution in [0.25, 0.3) is 0 Å². The van der Waals surface area contributed by atoms with Gasteiger partial charge in [-0.25, -0.2) is 8.78 Å². The number of nitrogen functional groups attached to an aromatic ring is 1. The third-order valence-corrected chi connectivity index (χ3v) is 1.21. The molecular weight excluding hydrogens is 152 g/mol. The van der Waals surface area contributed by atoms with Crippen LogP contribution in [0.3, 0.4) is 0 Å². The number of rotatable bonds is 1. The summed E-state index contributed by atoms with van der Waals surface area (Å²) in [5.74, 6) is -2.26. The number of hydrogen-bond donors (Lipinski definition) is 1. The molecule has 58 valence electrons. The average molecular weight is 157 g/mol. The lowest BCUT2D eigenvalue weighted by atomic mass is 10.2. The summed E-state index contributed by atoms with van der Waals surface area (Å²) >= 11 is 0. The summed E-state index contributed by atoms with van der Waals surface area (Å²) in [6.45, 7) is 0.